The Morgan fingerprint density at radius 2 is 1.97 bits per heavy atom. The van der Waals surface area contributed by atoms with Gasteiger partial charge in [0.15, 0.2) is 0 Å². The number of nitrogens with zero attached hydrogens (tertiary/aromatic N) is 1. The number of amides is 1. The molecular weight excluding hydrogens is 411 g/mol. The van der Waals surface area contributed by atoms with Gasteiger partial charge in [-0.25, -0.2) is 4.39 Å². The SMILES string of the molecule is O=C(Nc1ccccc1Cl)[C@H]1CC#CC12CCC(c1ccnc3ccc(F)cc13)CC2. The Hall–Kier alpha value is -2.90. The molecule has 5 heteroatoms. The number of anilines is 1. The van der Waals surface area contributed by atoms with Crippen molar-refractivity contribution in [2.75, 3.05) is 5.32 Å². The number of rotatable bonds is 3. The third kappa shape index (κ3) is 3.68. The maximum atomic E-state index is 13.9. The van der Waals surface area contributed by atoms with Crippen molar-refractivity contribution in [1.82, 2.24) is 4.98 Å². The largest absolute Gasteiger partial charge is 0.324 e. The summed E-state index contributed by atoms with van der Waals surface area (Å²) in [5, 5.41) is 4.41. The number of hydrogen-bond donors (Lipinski definition) is 1. The second-order valence-corrected chi connectivity index (χ2v) is 8.93. The Balaban J connectivity index is 1.34. The molecule has 0 aliphatic heterocycles. The van der Waals surface area contributed by atoms with E-state index < -0.39 is 0 Å². The molecule has 1 amide bonds. The van der Waals surface area contributed by atoms with Crippen LogP contribution in [0.15, 0.2) is 54.7 Å². The Morgan fingerprint density at radius 1 is 1.16 bits per heavy atom. The van der Waals surface area contributed by atoms with Gasteiger partial charge in [0.2, 0.25) is 5.91 Å². The molecule has 1 atom stereocenters. The van der Waals surface area contributed by atoms with E-state index in [0.29, 0.717) is 23.0 Å². The Kier molecular flexibility index (Phi) is 5.16. The van der Waals surface area contributed by atoms with Crippen LogP contribution in [0.4, 0.5) is 10.1 Å². The highest BCUT2D eigenvalue weighted by atomic mass is 35.5. The highest BCUT2D eigenvalue weighted by Crippen LogP contribution is 2.51. The van der Waals surface area contributed by atoms with Gasteiger partial charge in [0.05, 0.1) is 22.1 Å². The molecule has 1 aromatic heterocycles. The van der Waals surface area contributed by atoms with Crippen LogP contribution >= 0.6 is 11.6 Å². The van der Waals surface area contributed by atoms with E-state index in [1.807, 2.05) is 24.3 Å². The fourth-order valence-electron chi connectivity index (χ4n) is 5.15. The number of fused-ring (bicyclic) bond motifs is 1. The lowest BCUT2D eigenvalue weighted by Gasteiger charge is -2.39. The number of halogens is 2. The van der Waals surface area contributed by atoms with Crippen molar-refractivity contribution in [2.24, 2.45) is 11.3 Å². The summed E-state index contributed by atoms with van der Waals surface area (Å²) in [6.45, 7) is 0. The molecule has 2 aromatic carbocycles. The van der Waals surface area contributed by atoms with Gasteiger partial charge in [-0.15, -0.1) is 5.92 Å². The van der Waals surface area contributed by atoms with Gasteiger partial charge in [-0.3, -0.25) is 9.78 Å². The first-order chi connectivity index (χ1) is 15.1. The summed E-state index contributed by atoms with van der Waals surface area (Å²) in [4.78, 5) is 17.5. The fraction of sp³-hybridized carbons (Fsp3) is 0.308. The second-order valence-electron chi connectivity index (χ2n) is 8.52. The first kappa shape index (κ1) is 20.0. The van der Waals surface area contributed by atoms with Gasteiger partial charge in [0.25, 0.3) is 0 Å². The highest BCUT2D eigenvalue weighted by molar-refractivity contribution is 6.33. The molecule has 0 saturated heterocycles. The van der Waals surface area contributed by atoms with Crippen LogP contribution in [0, 0.1) is 29.0 Å². The number of hydrogen-bond acceptors (Lipinski definition) is 2. The molecule has 1 fully saturated rings. The zero-order chi connectivity index (χ0) is 21.4. The predicted molar refractivity (Wildman–Crippen MR) is 121 cm³/mol. The number of nitrogens with one attached hydrogen (secondary N) is 1. The number of pyridine rings is 1. The van der Waals surface area contributed by atoms with Gasteiger partial charge < -0.3 is 5.32 Å². The van der Waals surface area contributed by atoms with Gasteiger partial charge in [0.1, 0.15) is 5.82 Å². The molecule has 1 N–H and O–H groups in total. The van der Waals surface area contributed by atoms with E-state index in [1.165, 1.54) is 6.07 Å². The van der Waals surface area contributed by atoms with Gasteiger partial charge in [-0.2, -0.15) is 0 Å². The smallest absolute Gasteiger partial charge is 0.230 e. The summed E-state index contributed by atoms with van der Waals surface area (Å²) >= 11 is 6.22. The molecule has 0 unspecified atom stereocenters. The minimum Gasteiger partial charge on any atom is -0.324 e. The lowest BCUT2D eigenvalue weighted by atomic mass is 9.64. The summed E-state index contributed by atoms with van der Waals surface area (Å²) in [7, 11) is 0. The number of carbonyl (C=O) groups excluding carboxylic acids is 1. The van der Waals surface area contributed by atoms with E-state index in [-0.39, 0.29) is 23.1 Å². The van der Waals surface area contributed by atoms with Crippen molar-refractivity contribution in [1.29, 1.82) is 0 Å². The minimum atomic E-state index is -0.296. The molecule has 2 aliphatic rings. The van der Waals surface area contributed by atoms with Crippen molar-refractivity contribution in [2.45, 2.75) is 38.0 Å². The van der Waals surface area contributed by atoms with Crippen LogP contribution in [0.25, 0.3) is 10.9 Å². The van der Waals surface area contributed by atoms with Crippen LogP contribution in [-0.4, -0.2) is 10.9 Å². The average molecular weight is 433 g/mol. The monoisotopic (exact) mass is 432 g/mol. The number of carbonyl (C=O) groups is 1. The van der Waals surface area contributed by atoms with E-state index in [9.17, 15) is 9.18 Å². The van der Waals surface area contributed by atoms with Crippen LogP contribution in [0.3, 0.4) is 0 Å². The van der Waals surface area contributed by atoms with Crippen LogP contribution in [-0.2, 0) is 4.79 Å². The molecule has 2 aliphatic carbocycles. The first-order valence-corrected chi connectivity index (χ1v) is 11.0. The molecule has 31 heavy (non-hydrogen) atoms. The number of para-hydroxylation sites is 1. The molecule has 3 nitrogen and oxygen atoms in total. The molecule has 1 heterocycles. The Morgan fingerprint density at radius 3 is 2.77 bits per heavy atom. The second kappa shape index (κ2) is 7.98. The minimum absolute atomic E-state index is 0.0273. The summed E-state index contributed by atoms with van der Waals surface area (Å²) in [6.07, 6.45) is 5.91. The standard InChI is InChI=1S/C26H22ClFN2O/c27-22-5-1-2-6-24(22)30-25(31)21-4-3-12-26(21)13-9-17(10-14-26)19-11-15-29-23-8-7-18(28)16-20(19)23/h1-2,5-8,11,15-17,21H,4,9-10,13-14H2,(H,30,31)/t17?,21-,26?/m1/s1. The summed E-state index contributed by atoms with van der Waals surface area (Å²) < 4.78 is 13.9. The van der Waals surface area contributed by atoms with E-state index in [0.717, 1.165) is 42.1 Å². The van der Waals surface area contributed by atoms with Gasteiger partial charge in [0, 0.05) is 23.4 Å². The molecule has 0 radical (unpaired) electrons. The quantitative estimate of drug-likeness (QED) is 0.491. The van der Waals surface area contributed by atoms with E-state index >= 15 is 0 Å². The zero-order valence-electron chi connectivity index (χ0n) is 17.0. The highest BCUT2D eigenvalue weighted by Gasteiger charge is 2.46. The van der Waals surface area contributed by atoms with Gasteiger partial charge in [-0.1, -0.05) is 29.7 Å². The normalized spacial score (nSPS) is 24.7. The summed E-state index contributed by atoms with van der Waals surface area (Å²) in [5.41, 5.74) is 2.30. The van der Waals surface area contributed by atoms with Crippen molar-refractivity contribution in [3.8, 4) is 11.8 Å². The van der Waals surface area contributed by atoms with Crippen LogP contribution in [0.5, 0.6) is 0 Å². The zero-order valence-corrected chi connectivity index (χ0v) is 17.8. The number of benzene rings is 2. The Labute approximate surface area is 186 Å². The maximum Gasteiger partial charge on any atom is 0.230 e. The Bertz CT molecular complexity index is 1220. The third-order valence-electron chi connectivity index (χ3n) is 6.81. The lowest BCUT2D eigenvalue weighted by molar-refractivity contribution is -0.123. The molecule has 5 rings (SSSR count). The van der Waals surface area contributed by atoms with Crippen LogP contribution in [0.2, 0.25) is 5.02 Å². The maximum absolute atomic E-state index is 13.9. The molecule has 3 aromatic rings. The molecule has 156 valence electrons. The van der Waals surface area contributed by atoms with Gasteiger partial charge >= 0.3 is 0 Å². The predicted octanol–water partition coefficient (Wildman–Crippen LogP) is 6.33. The topological polar surface area (TPSA) is 42.0 Å². The average Bonchev–Trinajstić information content (AvgIpc) is 3.18. The van der Waals surface area contributed by atoms with Gasteiger partial charge in [-0.05, 0) is 73.6 Å². The third-order valence-corrected chi connectivity index (χ3v) is 7.14. The van der Waals surface area contributed by atoms with Crippen molar-refractivity contribution in [3.05, 3.63) is 71.1 Å². The van der Waals surface area contributed by atoms with E-state index in [4.69, 9.17) is 11.6 Å². The molecule has 1 saturated carbocycles. The summed E-state index contributed by atoms with van der Waals surface area (Å²) in [6, 6.07) is 14.0. The van der Waals surface area contributed by atoms with E-state index in [1.54, 1.807) is 24.4 Å². The lowest BCUT2D eigenvalue weighted by Crippen LogP contribution is -2.38. The fourth-order valence-corrected chi connectivity index (χ4v) is 5.33. The first-order valence-electron chi connectivity index (χ1n) is 10.7. The van der Waals surface area contributed by atoms with E-state index in [2.05, 4.69) is 22.1 Å². The van der Waals surface area contributed by atoms with Crippen LogP contribution in [0.1, 0.15) is 43.6 Å². The van der Waals surface area contributed by atoms with Crippen LogP contribution < -0.4 is 5.32 Å². The van der Waals surface area contributed by atoms with Crippen molar-refractivity contribution >= 4 is 34.1 Å². The van der Waals surface area contributed by atoms with Crippen molar-refractivity contribution in [3.63, 3.8) is 0 Å². The number of aromatic nitrogens is 1. The summed E-state index contributed by atoms with van der Waals surface area (Å²) in [5.74, 6) is 6.45. The molecule has 1 spiro atoms. The molecule has 0 bridgehead atoms. The molecular formula is C26H22ClFN2O. The van der Waals surface area contributed by atoms with Crippen molar-refractivity contribution < 1.29 is 9.18 Å².